The average Bonchev–Trinajstić information content (AvgIpc) is 3.32. The molecule has 1 aliphatic rings. The van der Waals surface area contributed by atoms with Crippen LogP contribution in [0.1, 0.15) is 41.1 Å². The number of ketones is 1. The Balaban J connectivity index is 1.58. The molecule has 10 heteroatoms. The van der Waals surface area contributed by atoms with Crippen molar-refractivity contribution in [2.75, 3.05) is 18.0 Å². The zero-order chi connectivity index (χ0) is 22.3. The number of anilines is 1. The van der Waals surface area contributed by atoms with Crippen LogP contribution >= 0.6 is 11.6 Å². The Bertz CT molecular complexity index is 1180. The first-order valence-corrected chi connectivity index (χ1v) is 9.93. The number of hydrogen-bond acceptors (Lipinski definition) is 4. The van der Waals surface area contributed by atoms with Gasteiger partial charge in [-0.05, 0) is 43.3 Å². The largest absolute Gasteiger partial charge is 0.418 e. The first kappa shape index (κ1) is 21.2. The summed E-state index contributed by atoms with van der Waals surface area (Å²) in [6, 6.07) is 7.91. The lowest BCUT2D eigenvalue weighted by molar-refractivity contribution is -0.137. The number of Topliss-reactive ketones (excluding diaryl/α,β-unsaturated/α-hetero) is 1. The van der Waals surface area contributed by atoms with Crippen molar-refractivity contribution in [2.45, 2.75) is 25.6 Å². The van der Waals surface area contributed by atoms with E-state index in [1.165, 1.54) is 17.0 Å². The lowest BCUT2D eigenvalue weighted by atomic mass is 10.1. The fraction of sp³-hybridized carbons (Fsp3) is 0.286. The van der Waals surface area contributed by atoms with E-state index in [2.05, 4.69) is 15.3 Å². The minimum atomic E-state index is -4.67. The molecule has 4 rings (SSSR count). The Labute approximate surface area is 180 Å². The van der Waals surface area contributed by atoms with Gasteiger partial charge in [0, 0.05) is 29.2 Å². The van der Waals surface area contributed by atoms with Crippen LogP contribution in [-0.2, 0) is 11.0 Å². The highest BCUT2D eigenvalue weighted by atomic mass is 35.5. The van der Waals surface area contributed by atoms with Crippen molar-refractivity contribution in [3.05, 3.63) is 58.4 Å². The van der Waals surface area contributed by atoms with Crippen LogP contribution in [0.25, 0.3) is 11.0 Å². The molecule has 31 heavy (non-hydrogen) atoms. The van der Waals surface area contributed by atoms with E-state index in [9.17, 15) is 22.8 Å². The number of aromatic nitrogens is 2. The second-order valence-corrected chi connectivity index (χ2v) is 7.86. The van der Waals surface area contributed by atoms with Gasteiger partial charge in [-0.3, -0.25) is 9.59 Å². The van der Waals surface area contributed by atoms with Crippen molar-refractivity contribution in [2.24, 2.45) is 0 Å². The van der Waals surface area contributed by atoms with Crippen LogP contribution < -0.4 is 10.2 Å². The van der Waals surface area contributed by atoms with Gasteiger partial charge in [-0.2, -0.15) is 13.2 Å². The van der Waals surface area contributed by atoms with Crippen molar-refractivity contribution in [1.82, 2.24) is 15.3 Å². The number of halogens is 4. The number of nitrogens with one attached hydrogen (secondary N) is 2. The molecule has 0 saturated carbocycles. The summed E-state index contributed by atoms with van der Waals surface area (Å²) < 4.78 is 41.0. The van der Waals surface area contributed by atoms with Crippen LogP contribution in [-0.4, -0.2) is 34.7 Å². The second kappa shape index (κ2) is 7.88. The van der Waals surface area contributed by atoms with Gasteiger partial charge in [-0.1, -0.05) is 11.6 Å². The molecule has 0 bridgehead atoms. The highest BCUT2D eigenvalue weighted by Crippen LogP contribution is 2.38. The number of fused-ring (bicyclic) bond motifs is 1. The number of imidazole rings is 1. The number of hydrogen-bond donors (Lipinski definition) is 2. The fourth-order valence-corrected chi connectivity index (χ4v) is 3.74. The summed E-state index contributed by atoms with van der Waals surface area (Å²) in [7, 11) is 0. The Morgan fingerprint density at radius 1 is 1.26 bits per heavy atom. The molecular formula is C21H18ClF3N4O2. The van der Waals surface area contributed by atoms with Gasteiger partial charge in [-0.25, -0.2) is 4.98 Å². The SMILES string of the molecule is C[C@H](NC(=O)c1ccc(N2CCC(=O)C2)c(C(F)(F)F)c1)c1nc2ccc(Cl)cc2[nH]1. The number of amides is 1. The first-order valence-electron chi connectivity index (χ1n) is 9.56. The van der Waals surface area contributed by atoms with Gasteiger partial charge in [0.05, 0.1) is 29.2 Å². The first-order chi connectivity index (χ1) is 14.6. The summed E-state index contributed by atoms with van der Waals surface area (Å²) in [6.07, 6.45) is -4.46. The molecule has 2 N–H and O–H groups in total. The molecule has 1 saturated heterocycles. The van der Waals surface area contributed by atoms with Crippen LogP contribution in [0.3, 0.4) is 0 Å². The van der Waals surface area contributed by atoms with Gasteiger partial charge in [-0.15, -0.1) is 0 Å². The van der Waals surface area contributed by atoms with Crippen molar-refractivity contribution in [3.8, 4) is 0 Å². The number of aromatic amines is 1. The standard InChI is InChI=1S/C21H18ClF3N4O2/c1-11(19-27-16-4-3-13(22)9-17(16)28-19)26-20(31)12-2-5-18(15(8-12)21(23,24)25)29-7-6-14(30)10-29/h2-5,8-9,11H,6-7,10H2,1H3,(H,26,31)(H,27,28)/t11-/m0/s1. The minimum absolute atomic E-state index is 0.0677. The number of nitrogens with zero attached hydrogens (tertiary/aromatic N) is 2. The molecule has 1 aromatic heterocycles. The van der Waals surface area contributed by atoms with Gasteiger partial charge in [0.1, 0.15) is 5.82 Å². The molecule has 2 aromatic carbocycles. The monoisotopic (exact) mass is 450 g/mol. The van der Waals surface area contributed by atoms with Crippen LogP contribution in [0, 0.1) is 0 Å². The summed E-state index contributed by atoms with van der Waals surface area (Å²) in [5.41, 5.74) is 0.169. The summed E-state index contributed by atoms with van der Waals surface area (Å²) >= 11 is 5.96. The number of carbonyl (C=O) groups is 2. The smallest absolute Gasteiger partial charge is 0.363 e. The van der Waals surface area contributed by atoms with Crippen molar-refractivity contribution < 1.29 is 22.8 Å². The Morgan fingerprint density at radius 3 is 2.71 bits per heavy atom. The van der Waals surface area contributed by atoms with Gasteiger partial charge in [0.2, 0.25) is 0 Å². The summed E-state index contributed by atoms with van der Waals surface area (Å²) in [4.78, 5) is 33.0. The molecule has 1 atom stereocenters. The van der Waals surface area contributed by atoms with Crippen LogP contribution in [0.2, 0.25) is 5.02 Å². The summed E-state index contributed by atoms with van der Waals surface area (Å²) in [5.74, 6) is -0.328. The number of alkyl halides is 3. The van der Waals surface area contributed by atoms with E-state index < -0.39 is 23.7 Å². The third-order valence-corrected chi connectivity index (χ3v) is 5.39. The molecule has 1 aliphatic heterocycles. The molecule has 0 radical (unpaired) electrons. The van der Waals surface area contributed by atoms with E-state index in [0.29, 0.717) is 21.9 Å². The Kier molecular flexibility index (Phi) is 5.38. The third kappa shape index (κ3) is 4.36. The number of benzene rings is 2. The van der Waals surface area contributed by atoms with Gasteiger partial charge in [0.15, 0.2) is 5.78 Å². The molecule has 162 valence electrons. The van der Waals surface area contributed by atoms with Gasteiger partial charge >= 0.3 is 6.18 Å². The minimum Gasteiger partial charge on any atom is -0.363 e. The maximum absolute atomic E-state index is 13.7. The van der Waals surface area contributed by atoms with Crippen LogP contribution in [0.4, 0.5) is 18.9 Å². The van der Waals surface area contributed by atoms with E-state index in [0.717, 1.165) is 6.07 Å². The summed E-state index contributed by atoms with van der Waals surface area (Å²) in [5, 5.41) is 3.19. The summed E-state index contributed by atoms with van der Waals surface area (Å²) in [6.45, 7) is 1.83. The maximum atomic E-state index is 13.7. The van der Waals surface area contributed by atoms with Crippen molar-refractivity contribution in [1.29, 1.82) is 0 Å². The van der Waals surface area contributed by atoms with E-state index in [-0.39, 0.29) is 36.5 Å². The quantitative estimate of drug-likeness (QED) is 0.613. The van der Waals surface area contributed by atoms with Crippen molar-refractivity contribution >= 4 is 40.0 Å². The lowest BCUT2D eigenvalue weighted by Gasteiger charge is -2.22. The molecule has 2 heterocycles. The third-order valence-electron chi connectivity index (χ3n) is 5.15. The molecule has 0 aliphatic carbocycles. The highest BCUT2D eigenvalue weighted by molar-refractivity contribution is 6.31. The van der Waals surface area contributed by atoms with Crippen LogP contribution in [0.5, 0.6) is 0 Å². The number of carbonyl (C=O) groups excluding carboxylic acids is 2. The normalized spacial score (nSPS) is 15.5. The Hall–Kier alpha value is -3.07. The molecule has 0 unspecified atom stereocenters. The molecule has 6 nitrogen and oxygen atoms in total. The topological polar surface area (TPSA) is 78.1 Å². The predicted octanol–water partition coefficient (Wildman–Crippen LogP) is 4.51. The van der Waals surface area contributed by atoms with E-state index in [1.54, 1.807) is 25.1 Å². The molecule has 1 amide bonds. The number of rotatable bonds is 4. The zero-order valence-electron chi connectivity index (χ0n) is 16.4. The lowest BCUT2D eigenvalue weighted by Crippen LogP contribution is -2.28. The molecule has 0 spiro atoms. The zero-order valence-corrected chi connectivity index (χ0v) is 17.1. The fourth-order valence-electron chi connectivity index (χ4n) is 3.57. The average molecular weight is 451 g/mol. The highest BCUT2D eigenvalue weighted by Gasteiger charge is 2.37. The number of H-pyrrole nitrogens is 1. The molecule has 1 fully saturated rings. The second-order valence-electron chi connectivity index (χ2n) is 7.42. The van der Waals surface area contributed by atoms with E-state index in [4.69, 9.17) is 11.6 Å². The van der Waals surface area contributed by atoms with Crippen molar-refractivity contribution in [3.63, 3.8) is 0 Å². The van der Waals surface area contributed by atoms with Gasteiger partial charge in [0.25, 0.3) is 5.91 Å². The molecule has 3 aromatic rings. The van der Waals surface area contributed by atoms with E-state index in [1.807, 2.05) is 0 Å². The van der Waals surface area contributed by atoms with E-state index >= 15 is 0 Å². The van der Waals surface area contributed by atoms with Crippen LogP contribution in [0.15, 0.2) is 36.4 Å². The molecular weight excluding hydrogens is 433 g/mol. The predicted molar refractivity (Wildman–Crippen MR) is 110 cm³/mol. The Morgan fingerprint density at radius 2 is 2.03 bits per heavy atom. The maximum Gasteiger partial charge on any atom is 0.418 e. The van der Waals surface area contributed by atoms with Gasteiger partial charge < -0.3 is 15.2 Å².